The molecule has 0 saturated carbocycles. The summed E-state index contributed by atoms with van der Waals surface area (Å²) in [6.07, 6.45) is 0.473. The van der Waals surface area contributed by atoms with Gasteiger partial charge in [0.2, 0.25) is 11.8 Å². The molecule has 1 aliphatic heterocycles. The molecule has 3 amide bonds. The number of ether oxygens (including phenoxy) is 1. The Bertz CT molecular complexity index is 874. The Morgan fingerprint density at radius 2 is 1.70 bits per heavy atom. The maximum absolute atomic E-state index is 12.7. The SMILES string of the molecule is COc1ccc(C)cc1CN(C)C(=O)c1ccc(N2C(=O)CCC2=O)cc1. The summed E-state index contributed by atoms with van der Waals surface area (Å²) in [7, 11) is 3.33. The van der Waals surface area contributed by atoms with Crippen molar-refractivity contribution in [3.63, 3.8) is 0 Å². The summed E-state index contributed by atoms with van der Waals surface area (Å²) in [4.78, 5) is 39.2. The van der Waals surface area contributed by atoms with Crippen LogP contribution in [-0.2, 0) is 16.1 Å². The Balaban J connectivity index is 1.75. The van der Waals surface area contributed by atoms with Crippen LogP contribution in [0.4, 0.5) is 5.69 Å². The summed E-state index contributed by atoms with van der Waals surface area (Å²) in [6, 6.07) is 12.4. The minimum absolute atomic E-state index is 0.149. The van der Waals surface area contributed by atoms with E-state index in [2.05, 4.69) is 0 Å². The molecule has 6 heteroatoms. The number of aryl methyl sites for hydroxylation is 1. The topological polar surface area (TPSA) is 66.9 Å². The van der Waals surface area contributed by atoms with Gasteiger partial charge in [0.1, 0.15) is 5.75 Å². The van der Waals surface area contributed by atoms with Crippen LogP contribution in [0.1, 0.15) is 34.3 Å². The molecule has 1 heterocycles. The van der Waals surface area contributed by atoms with E-state index in [1.54, 1.807) is 43.3 Å². The number of hydrogen-bond donors (Lipinski definition) is 0. The number of imide groups is 1. The highest BCUT2D eigenvalue weighted by Crippen LogP contribution is 2.24. The Labute approximate surface area is 158 Å². The number of hydrogen-bond acceptors (Lipinski definition) is 4. The molecule has 27 heavy (non-hydrogen) atoms. The predicted molar refractivity (Wildman–Crippen MR) is 102 cm³/mol. The molecule has 140 valence electrons. The lowest BCUT2D eigenvalue weighted by Gasteiger charge is -2.20. The highest BCUT2D eigenvalue weighted by atomic mass is 16.5. The van der Waals surface area contributed by atoms with Gasteiger partial charge in [0.15, 0.2) is 0 Å². The fourth-order valence-corrected chi connectivity index (χ4v) is 3.20. The molecule has 1 saturated heterocycles. The van der Waals surface area contributed by atoms with Crippen LogP contribution >= 0.6 is 0 Å². The number of carbonyl (C=O) groups is 3. The summed E-state index contributed by atoms with van der Waals surface area (Å²) in [6.45, 7) is 2.40. The first-order valence-corrected chi connectivity index (χ1v) is 8.75. The van der Waals surface area contributed by atoms with Crippen molar-refractivity contribution in [1.82, 2.24) is 4.90 Å². The molecule has 1 fully saturated rings. The summed E-state index contributed by atoms with van der Waals surface area (Å²) in [5.74, 6) is 0.177. The van der Waals surface area contributed by atoms with Gasteiger partial charge in [0, 0.05) is 37.6 Å². The van der Waals surface area contributed by atoms with Crippen molar-refractivity contribution in [2.45, 2.75) is 26.3 Å². The number of benzene rings is 2. The first-order chi connectivity index (χ1) is 12.9. The van der Waals surface area contributed by atoms with E-state index in [9.17, 15) is 14.4 Å². The summed E-state index contributed by atoms with van der Waals surface area (Å²) in [5.41, 5.74) is 3.02. The molecule has 0 spiro atoms. The number of anilines is 1. The summed E-state index contributed by atoms with van der Waals surface area (Å²) in [5, 5.41) is 0. The first kappa shape index (κ1) is 18.6. The molecule has 0 radical (unpaired) electrons. The monoisotopic (exact) mass is 366 g/mol. The second-order valence-corrected chi connectivity index (χ2v) is 6.65. The smallest absolute Gasteiger partial charge is 0.253 e. The molecule has 2 aromatic carbocycles. The largest absolute Gasteiger partial charge is 0.496 e. The van der Waals surface area contributed by atoms with E-state index in [1.807, 2.05) is 25.1 Å². The molecule has 0 bridgehead atoms. The first-order valence-electron chi connectivity index (χ1n) is 8.75. The Morgan fingerprint density at radius 1 is 1.07 bits per heavy atom. The van der Waals surface area contributed by atoms with Crippen molar-refractivity contribution in [3.8, 4) is 5.75 Å². The van der Waals surface area contributed by atoms with Crippen LogP contribution in [0, 0.1) is 6.92 Å². The minimum Gasteiger partial charge on any atom is -0.496 e. The molecule has 6 nitrogen and oxygen atoms in total. The quantitative estimate of drug-likeness (QED) is 0.763. The second-order valence-electron chi connectivity index (χ2n) is 6.65. The van der Waals surface area contributed by atoms with Crippen LogP contribution in [-0.4, -0.2) is 36.8 Å². The zero-order chi connectivity index (χ0) is 19.6. The maximum atomic E-state index is 12.7. The number of nitrogens with zero attached hydrogens (tertiary/aromatic N) is 2. The van der Waals surface area contributed by atoms with Crippen LogP contribution in [0.25, 0.3) is 0 Å². The van der Waals surface area contributed by atoms with Crippen molar-refractivity contribution in [3.05, 3.63) is 59.2 Å². The molecule has 0 N–H and O–H groups in total. The van der Waals surface area contributed by atoms with E-state index in [4.69, 9.17) is 4.74 Å². The minimum atomic E-state index is -0.206. The van der Waals surface area contributed by atoms with E-state index in [0.717, 1.165) is 16.9 Å². The molecule has 1 aliphatic rings. The van der Waals surface area contributed by atoms with Gasteiger partial charge in [0.05, 0.1) is 12.8 Å². The van der Waals surface area contributed by atoms with Gasteiger partial charge in [-0.2, -0.15) is 0 Å². The second kappa shape index (κ2) is 7.61. The summed E-state index contributed by atoms with van der Waals surface area (Å²) < 4.78 is 5.37. The van der Waals surface area contributed by atoms with Gasteiger partial charge in [-0.3, -0.25) is 19.3 Å². The molecule has 0 aliphatic carbocycles. The molecule has 0 atom stereocenters. The van der Waals surface area contributed by atoms with Gasteiger partial charge >= 0.3 is 0 Å². The van der Waals surface area contributed by atoms with Crippen LogP contribution in [0.2, 0.25) is 0 Å². The van der Waals surface area contributed by atoms with Gasteiger partial charge in [-0.05, 0) is 37.3 Å². The third-order valence-corrected chi connectivity index (χ3v) is 4.61. The van der Waals surface area contributed by atoms with E-state index >= 15 is 0 Å². The van der Waals surface area contributed by atoms with Crippen molar-refractivity contribution in [2.75, 3.05) is 19.1 Å². The average molecular weight is 366 g/mol. The predicted octanol–water partition coefficient (Wildman–Crippen LogP) is 2.93. The number of rotatable bonds is 5. The zero-order valence-corrected chi connectivity index (χ0v) is 15.7. The zero-order valence-electron chi connectivity index (χ0n) is 15.7. The highest BCUT2D eigenvalue weighted by molar-refractivity contribution is 6.19. The molecular weight excluding hydrogens is 344 g/mol. The summed E-state index contributed by atoms with van der Waals surface area (Å²) >= 11 is 0. The maximum Gasteiger partial charge on any atom is 0.253 e. The Kier molecular flexibility index (Phi) is 5.26. The molecular formula is C21H22N2O4. The molecule has 0 unspecified atom stereocenters. The lowest BCUT2D eigenvalue weighted by Crippen LogP contribution is -2.29. The van der Waals surface area contributed by atoms with Crippen molar-refractivity contribution in [1.29, 1.82) is 0 Å². The van der Waals surface area contributed by atoms with E-state index in [-0.39, 0.29) is 30.6 Å². The molecule has 0 aromatic heterocycles. The van der Waals surface area contributed by atoms with E-state index in [0.29, 0.717) is 17.8 Å². The normalized spacial score (nSPS) is 13.8. The van der Waals surface area contributed by atoms with Gasteiger partial charge in [0.25, 0.3) is 5.91 Å². The van der Waals surface area contributed by atoms with Gasteiger partial charge in [-0.1, -0.05) is 17.7 Å². The van der Waals surface area contributed by atoms with E-state index < -0.39 is 0 Å². The fourth-order valence-electron chi connectivity index (χ4n) is 3.20. The lowest BCUT2D eigenvalue weighted by atomic mass is 10.1. The van der Waals surface area contributed by atoms with Crippen molar-refractivity contribution >= 4 is 23.4 Å². The van der Waals surface area contributed by atoms with Crippen molar-refractivity contribution in [2.24, 2.45) is 0 Å². The lowest BCUT2D eigenvalue weighted by molar-refractivity contribution is -0.121. The Hall–Kier alpha value is -3.15. The molecule has 2 aromatic rings. The van der Waals surface area contributed by atoms with Crippen LogP contribution in [0.3, 0.4) is 0 Å². The fraction of sp³-hybridized carbons (Fsp3) is 0.286. The van der Waals surface area contributed by atoms with E-state index in [1.165, 1.54) is 4.90 Å². The van der Waals surface area contributed by atoms with Gasteiger partial charge in [-0.25, -0.2) is 0 Å². The van der Waals surface area contributed by atoms with Gasteiger partial charge < -0.3 is 9.64 Å². The average Bonchev–Trinajstić information content (AvgIpc) is 3.00. The number of amides is 3. The van der Waals surface area contributed by atoms with Crippen LogP contribution in [0.15, 0.2) is 42.5 Å². The number of carbonyl (C=O) groups excluding carboxylic acids is 3. The number of methoxy groups -OCH3 is 1. The highest BCUT2D eigenvalue weighted by Gasteiger charge is 2.30. The standard InChI is InChI=1S/C21H22N2O4/c1-14-4-9-18(27-3)16(12-14)13-22(2)21(26)15-5-7-17(8-6-15)23-19(24)10-11-20(23)25/h4-9,12H,10-11,13H2,1-3H3. The van der Waals surface area contributed by atoms with Gasteiger partial charge in [-0.15, -0.1) is 0 Å². The van der Waals surface area contributed by atoms with Crippen LogP contribution in [0.5, 0.6) is 5.75 Å². The third-order valence-electron chi connectivity index (χ3n) is 4.61. The Morgan fingerprint density at radius 3 is 2.30 bits per heavy atom. The third kappa shape index (κ3) is 3.84. The van der Waals surface area contributed by atoms with Crippen molar-refractivity contribution < 1.29 is 19.1 Å². The van der Waals surface area contributed by atoms with Crippen LogP contribution < -0.4 is 9.64 Å². The molecule has 3 rings (SSSR count).